The van der Waals surface area contributed by atoms with Gasteiger partial charge in [0.25, 0.3) is 5.69 Å². The molecule has 7 heteroatoms. The minimum Gasteiger partial charge on any atom is -0.374 e. The number of fused-ring (bicyclic) bond motifs is 1. The van der Waals surface area contributed by atoms with Gasteiger partial charge in [-0.2, -0.15) is 0 Å². The summed E-state index contributed by atoms with van der Waals surface area (Å²) in [5.74, 6) is 0. The SMILES string of the molecule is CN1CCOC(CN(C)c2ccc3cnccc3c2[N+](=O)[O-])C1. The van der Waals surface area contributed by atoms with Gasteiger partial charge in [-0.05, 0) is 19.2 Å². The number of pyridine rings is 1. The van der Waals surface area contributed by atoms with E-state index in [1.165, 1.54) is 0 Å². The van der Waals surface area contributed by atoms with Crippen LogP contribution in [0.5, 0.6) is 0 Å². The maximum absolute atomic E-state index is 11.6. The molecule has 1 atom stereocenters. The summed E-state index contributed by atoms with van der Waals surface area (Å²) in [6.45, 7) is 3.06. The highest BCUT2D eigenvalue weighted by atomic mass is 16.6. The second-order valence-electron chi connectivity index (χ2n) is 5.92. The van der Waals surface area contributed by atoms with Crippen molar-refractivity contribution in [2.24, 2.45) is 0 Å². The number of nitro benzene ring substituents is 1. The molecule has 1 fully saturated rings. The molecule has 1 unspecified atom stereocenters. The summed E-state index contributed by atoms with van der Waals surface area (Å²) < 4.78 is 5.77. The lowest BCUT2D eigenvalue weighted by Gasteiger charge is -2.33. The van der Waals surface area contributed by atoms with Crippen LogP contribution in [-0.4, -0.2) is 61.2 Å². The minimum absolute atomic E-state index is 0.0477. The average Bonchev–Trinajstić information content (AvgIpc) is 2.53. The quantitative estimate of drug-likeness (QED) is 0.634. The Morgan fingerprint density at radius 2 is 2.30 bits per heavy atom. The van der Waals surface area contributed by atoms with Crippen LogP contribution in [0.15, 0.2) is 30.6 Å². The third kappa shape index (κ3) is 3.25. The van der Waals surface area contributed by atoms with E-state index < -0.39 is 0 Å². The number of likely N-dealkylation sites (N-methyl/N-ethyl adjacent to an activating group) is 2. The number of ether oxygens (including phenoxy) is 1. The van der Waals surface area contributed by atoms with Gasteiger partial charge in [-0.1, -0.05) is 6.07 Å². The predicted octanol–water partition coefficient (Wildman–Crippen LogP) is 1.91. The average molecular weight is 316 g/mol. The molecule has 0 radical (unpaired) electrons. The van der Waals surface area contributed by atoms with Crippen molar-refractivity contribution in [1.29, 1.82) is 0 Å². The van der Waals surface area contributed by atoms with Gasteiger partial charge in [0.2, 0.25) is 0 Å². The summed E-state index contributed by atoms with van der Waals surface area (Å²) in [5, 5.41) is 13.0. The van der Waals surface area contributed by atoms with Crippen molar-refractivity contribution in [2.75, 3.05) is 45.2 Å². The van der Waals surface area contributed by atoms with E-state index in [2.05, 4.69) is 16.9 Å². The molecule has 7 nitrogen and oxygen atoms in total. The summed E-state index contributed by atoms with van der Waals surface area (Å²) in [4.78, 5) is 19.4. The van der Waals surface area contributed by atoms with Crippen LogP contribution in [0.2, 0.25) is 0 Å². The third-order valence-corrected chi connectivity index (χ3v) is 4.18. The van der Waals surface area contributed by atoms with Crippen LogP contribution in [0.4, 0.5) is 11.4 Å². The van der Waals surface area contributed by atoms with Crippen molar-refractivity contribution in [3.63, 3.8) is 0 Å². The van der Waals surface area contributed by atoms with Crippen LogP contribution in [-0.2, 0) is 4.74 Å². The van der Waals surface area contributed by atoms with Gasteiger partial charge in [-0.15, -0.1) is 0 Å². The molecule has 1 aromatic heterocycles. The number of rotatable bonds is 4. The van der Waals surface area contributed by atoms with E-state index >= 15 is 0 Å². The van der Waals surface area contributed by atoms with Crippen molar-refractivity contribution in [1.82, 2.24) is 9.88 Å². The zero-order chi connectivity index (χ0) is 16.4. The lowest BCUT2D eigenvalue weighted by molar-refractivity contribution is -0.382. The Morgan fingerprint density at radius 1 is 1.48 bits per heavy atom. The molecule has 0 aliphatic carbocycles. The predicted molar refractivity (Wildman–Crippen MR) is 88.9 cm³/mol. The summed E-state index contributed by atoms with van der Waals surface area (Å²) >= 11 is 0. The summed E-state index contributed by atoms with van der Waals surface area (Å²) in [6, 6.07) is 5.35. The number of benzene rings is 1. The van der Waals surface area contributed by atoms with Crippen LogP contribution in [0, 0.1) is 10.1 Å². The molecule has 23 heavy (non-hydrogen) atoms. The lowest BCUT2D eigenvalue weighted by Crippen LogP contribution is -2.45. The summed E-state index contributed by atoms with van der Waals surface area (Å²) in [7, 11) is 3.92. The van der Waals surface area contributed by atoms with Gasteiger partial charge in [0, 0.05) is 44.5 Å². The molecular weight excluding hydrogens is 296 g/mol. The molecule has 1 saturated heterocycles. The standard InChI is InChI=1S/C16H20N4O3/c1-18-7-8-23-13(10-18)11-19(2)15-4-3-12-9-17-6-5-14(12)16(15)20(21)22/h3-6,9,13H,7-8,10-11H2,1-2H3. The molecular formula is C16H20N4O3. The molecule has 0 N–H and O–H groups in total. The molecule has 1 aliphatic heterocycles. The van der Waals surface area contributed by atoms with E-state index in [1.54, 1.807) is 24.5 Å². The molecule has 0 amide bonds. The Bertz CT molecular complexity index is 722. The monoisotopic (exact) mass is 316 g/mol. The molecule has 1 aliphatic rings. The molecule has 2 aromatic rings. The molecule has 0 saturated carbocycles. The maximum Gasteiger partial charge on any atom is 0.300 e. The first-order valence-corrected chi connectivity index (χ1v) is 7.58. The van der Waals surface area contributed by atoms with Crippen molar-refractivity contribution < 1.29 is 9.66 Å². The number of nitrogens with zero attached hydrogens (tertiary/aromatic N) is 4. The molecule has 122 valence electrons. The highest BCUT2D eigenvalue weighted by Gasteiger charge is 2.25. The molecule has 0 spiro atoms. The first kappa shape index (κ1) is 15.6. The first-order valence-electron chi connectivity index (χ1n) is 7.58. The van der Waals surface area contributed by atoms with Crippen LogP contribution < -0.4 is 4.90 Å². The number of nitro groups is 1. The van der Waals surface area contributed by atoms with Crippen LogP contribution in [0.3, 0.4) is 0 Å². The maximum atomic E-state index is 11.6. The minimum atomic E-state index is -0.317. The van der Waals surface area contributed by atoms with Crippen molar-refractivity contribution in [3.05, 3.63) is 40.7 Å². The number of hydrogen-bond acceptors (Lipinski definition) is 6. The number of hydrogen-bond donors (Lipinski definition) is 0. The van der Waals surface area contributed by atoms with Gasteiger partial charge in [0.1, 0.15) is 5.69 Å². The number of aromatic nitrogens is 1. The van der Waals surface area contributed by atoms with E-state index in [0.717, 1.165) is 18.5 Å². The van der Waals surface area contributed by atoms with Gasteiger partial charge in [-0.3, -0.25) is 15.1 Å². The zero-order valence-corrected chi connectivity index (χ0v) is 13.3. The van der Waals surface area contributed by atoms with Crippen molar-refractivity contribution in [3.8, 4) is 0 Å². The lowest BCUT2D eigenvalue weighted by atomic mass is 10.1. The Morgan fingerprint density at radius 3 is 3.04 bits per heavy atom. The fourth-order valence-electron chi connectivity index (χ4n) is 3.02. The summed E-state index contributed by atoms with van der Waals surface area (Å²) in [5.41, 5.74) is 0.724. The van der Waals surface area contributed by atoms with Gasteiger partial charge in [0.05, 0.1) is 23.0 Å². The van der Waals surface area contributed by atoms with Crippen molar-refractivity contribution in [2.45, 2.75) is 6.10 Å². The highest BCUT2D eigenvalue weighted by molar-refractivity contribution is 5.96. The zero-order valence-electron chi connectivity index (χ0n) is 13.3. The topological polar surface area (TPSA) is 71.7 Å². The fraction of sp³-hybridized carbons (Fsp3) is 0.438. The smallest absolute Gasteiger partial charge is 0.300 e. The van der Waals surface area contributed by atoms with E-state index in [-0.39, 0.29) is 16.7 Å². The van der Waals surface area contributed by atoms with E-state index in [9.17, 15) is 10.1 Å². The molecule has 1 aromatic carbocycles. The second kappa shape index (κ2) is 6.47. The molecule has 2 heterocycles. The highest BCUT2D eigenvalue weighted by Crippen LogP contribution is 2.35. The molecule has 0 bridgehead atoms. The second-order valence-corrected chi connectivity index (χ2v) is 5.92. The third-order valence-electron chi connectivity index (χ3n) is 4.18. The van der Waals surface area contributed by atoms with E-state index in [1.807, 2.05) is 18.0 Å². The first-order chi connectivity index (χ1) is 11.1. The van der Waals surface area contributed by atoms with Gasteiger partial charge >= 0.3 is 0 Å². The Labute approximate surface area is 134 Å². The molecule has 3 rings (SSSR count). The van der Waals surface area contributed by atoms with E-state index in [4.69, 9.17) is 4.74 Å². The van der Waals surface area contributed by atoms with Gasteiger partial charge < -0.3 is 14.5 Å². The van der Waals surface area contributed by atoms with Crippen LogP contribution in [0.25, 0.3) is 10.8 Å². The summed E-state index contributed by atoms with van der Waals surface area (Å²) in [6.07, 6.45) is 3.27. The van der Waals surface area contributed by atoms with E-state index in [0.29, 0.717) is 24.2 Å². The largest absolute Gasteiger partial charge is 0.374 e. The Balaban J connectivity index is 1.92. The van der Waals surface area contributed by atoms with Crippen molar-refractivity contribution >= 4 is 22.1 Å². The Hall–Kier alpha value is -2.25. The van der Waals surface area contributed by atoms with Crippen LogP contribution in [0.1, 0.15) is 0 Å². The van der Waals surface area contributed by atoms with Gasteiger partial charge in [-0.25, -0.2) is 0 Å². The number of morpholine rings is 1. The normalized spacial score (nSPS) is 19.0. The van der Waals surface area contributed by atoms with Gasteiger partial charge in [0.15, 0.2) is 0 Å². The number of anilines is 1. The fourth-order valence-corrected chi connectivity index (χ4v) is 3.02. The van der Waals surface area contributed by atoms with Crippen LogP contribution >= 0.6 is 0 Å². The Kier molecular flexibility index (Phi) is 4.40.